The smallest absolute Gasteiger partial charge is 0.220 e. The molecule has 97 heavy (non-hydrogen) atoms. The first kappa shape index (κ1) is 89.2. The van der Waals surface area contributed by atoms with Crippen LogP contribution in [0.4, 0.5) is 0 Å². The van der Waals surface area contributed by atoms with Gasteiger partial charge < -0.3 is 89.9 Å². The first-order valence-corrected chi connectivity index (χ1v) is 39.7. The monoisotopic (exact) mass is 1380 g/mol. The molecule has 3 heterocycles. The van der Waals surface area contributed by atoms with E-state index in [0.717, 1.165) is 44.9 Å². The van der Waals surface area contributed by atoms with Crippen LogP contribution in [0.5, 0.6) is 0 Å². The minimum atomic E-state index is -1.98. The van der Waals surface area contributed by atoms with Crippen molar-refractivity contribution in [3.8, 4) is 0 Å². The zero-order chi connectivity index (χ0) is 70.4. The van der Waals surface area contributed by atoms with E-state index < -0.39 is 124 Å². The summed E-state index contributed by atoms with van der Waals surface area (Å²) in [5, 5.41) is 120. The van der Waals surface area contributed by atoms with Gasteiger partial charge in [-0.15, -0.1) is 0 Å². The normalized spacial score (nSPS) is 27.0. The van der Waals surface area contributed by atoms with Crippen molar-refractivity contribution >= 4 is 5.91 Å². The summed E-state index contributed by atoms with van der Waals surface area (Å²) in [6, 6.07) is -0.994. The van der Waals surface area contributed by atoms with Crippen LogP contribution < -0.4 is 5.32 Å². The highest BCUT2D eigenvalue weighted by Crippen LogP contribution is 2.33. The molecule has 3 aliphatic heterocycles. The molecule has 19 heteroatoms. The Labute approximate surface area is 587 Å². The van der Waals surface area contributed by atoms with E-state index in [1.807, 2.05) is 6.08 Å². The number of carbonyl (C=O) groups excluding carboxylic acids is 1. The lowest BCUT2D eigenvalue weighted by molar-refractivity contribution is -0.379. The Morgan fingerprint density at radius 2 is 0.660 bits per heavy atom. The highest BCUT2D eigenvalue weighted by molar-refractivity contribution is 5.76. The molecular formula is C78H145NO18. The van der Waals surface area contributed by atoms with Crippen molar-refractivity contribution in [2.75, 3.05) is 26.4 Å². The SMILES string of the molecule is CCCCC/C=C/CC/C=C/CC/C=C/C(O)C(COC1OC(CO)C(OC2OC(CO)C(OC3OC(CO)C(O)C(O)C3O)C(O)C2O)C(O)C1O)NC(=O)CCCCCCCCCCCCCCCCCCCCCCCCCCCCCCCCCCCCCCCCC. The van der Waals surface area contributed by atoms with E-state index in [1.165, 1.54) is 244 Å². The molecule has 19 nitrogen and oxygen atoms in total. The number of hydrogen-bond acceptors (Lipinski definition) is 18. The zero-order valence-corrected chi connectivity index (χ0v) is 60.8. The fourth-order valence-electron chi connectivity index (χ4n) is 13.5. The van der Waals surface area contributed by atoms with Crippen LogP contribution in [0.3, 0.4) is 0 Å². The van der Waals surface area contributed by atoms with Gasteiger partial charge in [0, 0.05) is 6.42 Å². The Morgan fingerprint density at radius 3 is 1.03 bits per heavy atom. The minimum absolute atomic E-state index is 0.236. The Balaban J connectivity index is 1.28. The Kier molecular flexibility index (Phi) is 54.6. The third-order valence-electron chi connectivity index (χ3n) is 19.9. The summed E-state index contributed by atoms with van der Waals surface area (Å²) in [4.78, 5) is 13.4. The molecule has 1 amide bonds. The summed E-state index contributed by atoms with van der Waals surface area (Å²) in [5.74, 6) is -0.285. The summed E-state index contributed by atoms with van der Waals surface area (Å²) < 4.78 is 34.3. The van der Waals surface area contributed by atoms with E-state index in [9.17, 15) is 61.0 Å². The maximum absolute atomic E-state index is 13.4. The molecule has 0 saturated carbocycles. The van der Waals surface area contributed by atoms with Gasteiger partial charge in [-0.25, -0.2) is 0 Å². The molecule has 12 N–H and O–H groups in total. The van der Waals surface area contributed by atoms with Crippen molar-refractivity contribution in [2.45, 2.75) is 426 Å². The predicted octanol–water partition coefficient (Wildman–Crippen LogP) is 12.7. The average molecular weight is 1390 g/mol. The molecule has 3 aliphatic rings. The lowest BCUT2D eigenvalue weighted by Gasteiger charge is -2.48. The number of aliphatic hydroxyl groups excluding tert-OH is 11. The van der Waals surface area contributed by atoms with Crippen LogP contribution in [0.2, 0.25) is 0 Å². The molecule has 570 valence electrons. The lowest BCUT2D eigenvalue weighted by atomic mass is 9.96. The summed E-state index contributed by atoms with van der Waals surface area (Å²) in [5.41, 5.74) is 0. The Morgan fingerprint density at radius 1 is 0.361 bits per heavy atom. The molecule has 0 bridgehead atoms. The Hall–Kier alpha value is -1.99. The number of hydrogen-bond donors (Lipinski definition) is 12. The second-order valence-electron chi connectivity index (χ2n) is 28.5. The van der Waals surface area contributed by atoms with E-state index in [-0.39, 0.29) is 18.9 Å². The third-order valence-corrected chi connectivity index (χ3v) is 19.9. The van der Waals surface area contributed by atoms with Gasteiger partial charge in [0.25, 0.3) is 0 Å². The van der Waals surface area contributed by atoms with Gasteiger partial charge in [-0.3, -0.25) is 4.79 Å². The van der Waals surface area contributed by atoms with Gasteiger partial charge in [0.1, 0.15) is 73.2 Å². The van der Waals surface area contributed by atoms with Gasteiger partial charge in [0.15, 0.2) is 18.9 Å². The van der Waals surface area contributed by atoms with Gasteiger partial charge in [0.2, 0.25) is 5.91 Å². The van der Waals surface area contributed by atoms with E-state index in [4.69, 9.17) is 28.4 Å². The van der Waals surface area contributed by atoms with Crippen molar-refractivity contribution in [2.24, 2.45) is 0 Å². The Bertz CT molecular complexity index is 1900. The molecule has 3 fully saturated rings. The average Bonchev–Trinajstić information content (AvgIpc) is 0.792. The summed E-state index contributed by atoms with van der Waals surface area (Å²) >= 11 is 0. The topological polar surface area (TPSA) is 307 Å². The molecule has 0 radical (unpaired) electrons. The van der Waals surface area contributed by atoms with Gasteiger partial charge in [0.05, 0.1) is 38.6 Å². The molecule has 0 aromatic rings. The lowest BCUT2D eigenvalue weighted by Crippen LogP contribution is -2.66. The maximum atomic E-state index is 13.4. The van der Waals surface area contributed by atoms with Crippen molar-refractivity contribution in [1.82, 2.24) is 5.32 Å². The van der Waals surface area contributed by atoms with E-state index in [1.54, 1.807) is 6.08 Å². The van der Waals surface area contributed by atoms with Gasteiger partial charge >= 0.3 is 0 Å². The van der Waals surface area contributed by atoms with E-state index in [2.05, 4.69) is 43.5 Å². The number of ether oxygens (including phenoxy) is 6. The number of nitrogens with one attached hydrogen (secondary N) is 1. The second kappa shape index (κ2) is 59.4. The highest BCUT2D eigenvalue weighted by atomic mass is 16.8. The van der Waals surface area contributed by atoms with E-state index in [0.29, 0.717) is 12.8 Å². The van der Waals surface area contributed by atoms with E-state index >= 15 is 0 Å². The minimum Gasteiger partial charge on any atom is -0.394 e. The molecule has 0 spiro atoms. The molecule has 0 aromatic carbocycles. The largest absolute Gasteiger partial charge is 0.394 e. The summed E-state index contributed by atoms with van der Waals surface area (Å²) in [6.07, 6.45) is 46.2. The number of allylic oxidation sites excluding steroid dienone is 5. The van der Waals surface area contributed by atoms with Crippen LogP contribution in [0.25, 0.3) is 0 Å². The van der Waals surface area contributed by atoms with Crippen molar-refractivity contribution in [1.29, 1.82) is 0 Å². The second-order valence-corrected chi connectivity index (χ2v) is 28.5. The predicted molar refractivity (Wildman–Crippen MR) is 383 cm³/mol. The molecule has 0 aromatic heterocycles. The summed E-state index contributed by atoms with van der Waals surface area (Å²) in [7, 11) is 0. The van der Waals surface area contributed by atoms with Crippen LogP contribution in [-0.2, 0) is 33.2 Å². The molecule has 0 aliphatic carbocycles. The van der Waals surface area contributed by atoms with Crippen LogP contribution in [0, 0.1) is 0 Å². The van der Waals surface area contributed by atoms with Gasteiger partial charge in [-0.2, -0.15) is 0 Å². The van der Waals surface area contributed by atoms with Crippen LogP contribution in [-0.4, -0.2) is 193 Å². The first-order valence-electron chi connectivity index (χ1n) is 39.7. The van der Waals surface area contributed by atoms with Crippen LogP contribution in [0.1, 0.15) is 322 Å². The summed E-state index contributed by atoms with van der Waals surface area (Å²) in [6.45, 7) is 1.70. The van der Waals surface area contributed by atoms with Gasteiger partial charge in [-0.1, -0.05) is 307 Å². The number of unbranched alkanes of at least 4 members (excludes halogenated alkanes) is 43. The number of amides is 1. The van der Waals surface area contributed by atoms with Crippen molar-refractivity contribution in [3.05, 3.63) is 36.5 Å². The van der Waals surface area contributed by atoms with Gasteiger partial charge in [-0.05, 0) is 44.9 Å². The fourth-order valence-corrected chi connectivity index (χ4v) is 13.5. The molecule has 17 unspecified atom stereocenters. The quantitative estimate of drug-likeness (QED) is 0.0199. The number of carbonyl (C=O) groups is 1. The number of rotatable bonds is 63. The zero-order valence-electron chi connectivity index (χ0n) is 60.8. The standard InChI is InChI=1S/C78H145NO18/c1-3-5-7-9-11-13-15-17-18-19-20-21-22-23-24-25-26-27-28-29-30-31-32-33-34-35-36-37-38-39-40-41-42-44-46-48-50-52-54-56-66(84)79-61(62(83)55-53-51-49-47-45-43-16-14-12-10-8-6-4-2)60-92-76-72(90)69(87)74(64(58-81)94-76)97-78-73(91)70(88)75(65(59-82)95-78)96-77-71(89)68(86)67(85)63(57-80)93-77/h12,14,45,47,53,55,61-65,67-78,80-83,85-91H,3-11,13,15-44,46,48-52,54,56-60H2,1-2H3,(H,79,84)/b14-12+,47-45+,55-53+. The van der Waals surface area contributed by atoms with Crippen LogP contribution >= 0.6 is 0 Å². The molecule has 3 rings (SSSR count). The molecule has 3 saturated heterocycles. The first-order chi connectivity index (χ1) is 47.3. The number of aliphatic hydroxyl groups is 11. The van der Waals surface area contributed by atoms with Crippen LogP contribution in [0.15, 0.2) is 36.5 Å². The molecular weight excluding hydrogens is 1240 g/mol. The third kappa shape index (κ3) is 40.0. The van der Waals surface area contributed by atoms with Crippen molar-refractivity contribution in [3.63, 3.8) is 0 Å². The fraction of sp³-hybridized carbons (Fsp3) is 0.910. The maximum Gasteiger partial charge on any atom is 0.220 e. The highest BCUT2D eigenvalue weighted by Gasteiger charge is 2.53. The van der Waals surface area contributed by atoms with Crippen molar-refractivity contribution < 1.29 is 89.4 Å². The molecule has 17 atom stereocenters.